The van der Waals surface area contributed by atoms with Crippen molar-refractivity contribution in [1.82, 2.24) is 10.2 Å². The predicted molar refractivity (Wildman–Crippen MR) is 111 cm³/mol. The van der Waals surface area contributed by atoms with Gasteiger partial charge in [-0.2, -0.15) is 11.8 Å². The van der Waals surface area contributed by atoms with Gasteiger partial charge < -0.3 is 9.15 Å². The Bertz CT molecular complexity index is 949. The molecule has 1 aliphatic rings. The van der Waals surface area contributed by atoms with Gasteiger partial charge in [-0.3, -0.25) is 9.69 Å². The highest BCUT2D eigenvalue weighted by atomic mass is 32.2. The van der Waals surface area contributed by atoms with E-state index >= 15 is 0 Å². The summed E-state index contributed by atoms with van der Waals surface area (Å²) in [5.74, 6) is 2.13. The number of nitrogens with zero attached hydrogens (tertiary/aromatic N) is 3. The van der Waals surface area contributed by atoms with Crippen molar-refractivity contribution in [2.45, 2.75) is 17.0 Å². The third-order valence-electron chi connectivity index (χ3n) is 4.32. The first kappa shape index (κ1) is 18.9. The average Bonchev–Trinajstić information content (AvgIpc) is 3.19. The third kappa shape index (κ3) is 4.02. The number of amides is 1. The van der Waals surface area contributed by atoms with E-state index in [9.17, 15) is 4.79 Å². The van der Waals surface area contributed by atoms with Crippen LogP contribution in [0.25, 0.3) is 0 Å². The van der Waals surface area contributed by atoms with Gasteiger partial charge in [0.25, 0.3) is 5.22 Å². The number of rotatable bonds is 6. The molecule has 0 unspecified atom stereocenters. The molecule has 1 amide bonds. The van der Waals surface area contributed by atoms with Gasteiger partial charge in [-0.1, -0.05) is 54.2 Å². The number of benzene rings is 2. The van der Waals surface area contributed by atoms with Crippen LogP contribution in [0.2, 0.25) is 0 Å². The number of ether oxygens (including phenoxy) is 1. The van der Waals surface area contributed by atoms with Crippen LogP contribution in [0, 0.1) is 0 Å². The Balaban J connectivity index is 1.56. The molecule has 8 heteroatoms. The van der Waals surface area contributed by atoms with E-state index in [1.807, 2.05) is 65.8 Å². The van der Waals surface area contributed by atoms with Gasteiger partial charge in [0.1, 0.15) is 12.4 Å². The standard InChI is InChI=1S/C20H19N3O3S2/c1-27-12-18-21-22-20(26-18)28-13-19(24)23-15-9-5-6-10-17(15)25-11-16(23)14-7-3-2-4-8-14/h2-10,16H,11-13H2,1H3/t16-/m1/s1. The quantitative estimate of drug-likeness (QED) is 0.561. The first-order chi connectivity index (χ1) is 13.8. The normalized spacial score (nSPS) is 15.8. The van der Waals surface area contributed by atoms with Crippen LogP contribution >= 0.6 is 23.5 Å². The van der Waals surface area contributed by atoms with E-state index in [0.717, 1.165) is 11.3 Å². The van der Waals surface area contributed by atoms with E-state index in [4.69, 9.17) is 9.15 Å². The minimum atomic E-state index is -0.182. The highest BCUT2D eigenvalue weighted by Gasteiger charge is 2.33. The minimum Gasteiger partial charge on any atom is -0.489 e. The molecular formula is C20H19N3O3S2. The fourth-order valence-corrected chi connectivity index (χ4v) is 4.09. The molecule has 0 saturated heterocycles. The van der Waals surface area contributed by atoms with Crippen molar-refractivity contribution in [2.75, 3.05) is 23.5 Å². The van der Waals surface area contributed by atoms with Crippen molar-refractivity contribution in [1.29, 1.82) is 0 Å². The van der Waals surface area contributed by atoms with Crippen molar-refractivity contribution >= 4 is 35.1 Å². The molecule has 0 fully saturated rings. The summed E-state index contributed by atoms with van der Waals surface area (Å²) in [5.41, 5.74) is 1.82. The number of anilines is 1. The maximum Gasteiger partial charge on any atom is 0.277 e. The molecule has 2 aromatic carbocycles. The van der Waals surface area contributed by atoms with E-state index in [1.54, 1.807) is 11.8 Å². The van der Waals surface area contributed by atoms with E-state index < -0.39 is 0 Å². The lowest BCUT2D eigenvalue weighted by Gasteiger charge is -2.37. The largest absolute Gasteiger partial charge is 0.489 e. The lowest BCUT2D eigenvalue weighted by Crippen LogP contribution is -2.42. The molecule has 144 valence electrons. The Morgan fingerprint density at radius 3 is 2.75 bits per heavy atom. The van der Waals surface area contributed by atoms with E-state index in [2.05, 4.69) is 10.2 Å². The minimum absolute atomic E-state index is 0.0285. The second-order valence-corrected chi connectivity index (χ2v) is 7.94. The SMILES string of the molecule is CSCc1nnc(SCC(=O)N2c3ccccc3OC[C@@H]2c2ccccc2)o1. The van der Waals surface area contributed by atoms with E-state index in [-0.39, 0.29) is 17.7 Å². The van der Waals surface area contributed by atoms with Crippen molar-refractivity contribution in [2.24, 2.45) is 0 Å². The van der Waals surface area contributed by atoms with Crippen LogP contribution in [0.4, 0.5) is 5.69 Å². The van der Waals surface area contributed by atoms with Gasteiger partial charge in [-0.05, 0) is 24.0 Å². The molecule has 1 aromatic heterocycles. The second-order valence-electron chi connectivity index (χ2n) is 6.15. The Morgan fingerprint density at radius 2 is 1.93 bits per heavy atom. The molecule has 0 radical (unpaired) electrons. The summed E-state index contributed by atoms with van der Waals surface area (Å²) in [6.45, 7) is 0.413. The van der Waals surface area contributed by atoms with Crippen LogP contribution in [0.15, 0.2) is 64.2 Å². The lowest BCUT2D eigenvalue weighted by atomic mass is 10.0. The Kier molecular flexibility index (Phi) is 5.87. The number of hydrogen-bond donors (Lipinski definition) is 0. The topological polar surface area (TPSA) is 68.5 Å². The maximum atomic E-state index is 13.2. The lowest BCUT2D eigenvalue weighted by molar-refractivity contribution is -0.117. The summed E-state index contributed by atoms with van der Waals surface area (Å²) in [4.78, 5) is 15.0. The fraction of sp³-hybridized carbons (Fsp3) is 0.250. The van der Waals surface area contributed by atoms with Crippen LogP contribution < -0.4 is 9.64 Å². The summed E-state index contributed by atoms with van der Waals surface area (Å²) in [7, 11) is 0. The van der Waals surface area contributed by atoms with Crippen LogP contribution in [-0.4, -0.2) is 34.7 Å². The van der Waals surface area contributed by atoms with Crippen molar-refractivity contribution < 1.29 is 13.9 Å². The number of carbonyl (C=O) groups excluding carboxylic acids is 1. The molecule has 6 nitrogen and oxygen atoms in total. The highest BCUT2D eigenvalue weighted by Crippen LogP contribution is 2.39. The molecule has 2 heterocycles. The number of fused-ring (bicyclic) bond motifs is 1. The van der Waals surface area contributed by atoms with Gasteiger partial charge >= 0.3 is 0 Å². The van der Waals surface area contributed by atoms with Crippen LogP contribution in [-0.2, 0) is 10.5 Å². The van der Waals surface area contributed by atoms with Gasteiger partial charge in [0.05, 0.1) is 23.2 Å². The summed E-state index contributed by atoms with van der Waals surface area (Å²) < 4.78 is 11.5. The molecule has 0 spiro atoms. The molecule has 0 N–H and O–H groups in total. The Morgan fingerprint density at radius 1 is 1.14 bits per heavy atom. The van der Waals surface area contributed by atoms with Crippen LogP contribution in [0.5, 0.6) is 5.75 Å². The molecule has 4 rings (SSSR count). The van der Waals surface area contributed by atoms with Crippen molar-refractivity contribution in [3.05, 3.63) is 66.1 Å². The summed E-state index contributed by atoms with van der Waals surface area (Å²) in [6.07, 6.45) is 1.97. The smallest absolute Gasteiger partial charge is 0.277 e. The monoisotopic (exact) mass is 413 g/mol. The van der Waals surface area contributed by atoms with Crippen molar-refractivity contribution in [3.63, 3.8) is 0 Å². The summed E-state index contributed by atoms with van der Waals surface area (Å²) >= 11 is 2.87. The molecular weight excluding hydrogens is 394 g/mol. The van der Waals surface area contributed by atoms with Crippen LogP contribution in [0.1, 0.15) is 17.5 Å². The van der Waals surface area contributed by atoms with Gasteiger partial charge in [0.2, 0.25) is 11.8 Å². The van der Waals surface area contributed by atoms with E-state index in [1.165, 1.54) is 11.8 Å². The number of para-hydroxylation sites is 2. The first-order valence-corrected chi connectivity index (χ1v) is 11.2. The second kappa shape index (κ2) is 8.70. The molecule has 1 aliphatic heterocycles. The number of carbonyl (C=O) groups is 1. The van der Waals surface area contributed by atoms with Gasteiger partial charge in [0, 0.05) is 0 Å². The number of thioether (sulfide) groups is 2. The zero-order valence-corrected chi connectivity index (χ0v) is 16.9. The van der Waals surface area contributed by atoms with Crippen molar-refractivity contribution in [3.8, 4) is 5.75 Å². The van der Waals surface area contributed by atoms with E-state index in [0.29, 0.717) is 29.2 Å². The predicted octanol–water partition coefficient (Wildman–Crippen LogP) is 4.19. The van der Waals surface area contributed by atoms with Gasteiger partial charge in [0.15, 0.2) is 0 Å². The Hall–Kier alpha value is -2.45. The van der Waals surface area contributed by atoms with Gasteiger partial charge in [-0.25, -0.2) is 0 Å². The molecule has 3 aromatic rings. The maximum absolute atomic E-state index is 13.2. The summed E-state index contributed by atoms with van der Waals surface area (Å²) in [6, 6.07) is 17.4. The number of hydrogen-bond acceptors (Lipinski definition) is 7. The zero-order chi connectivity index (χ0) is 19.3. The van der Waals surface area contributed by atoms with Crippen LogP contribution in [0.3, 0.4) is 0 Å². The first-order valence-electron chi connectivity index (χ1n) is 8.79. The molecule has 0 saturated carbocycles. The zero-order valence-electron chi connectivity index (χ0n) is 15.3. The third-order valence-corrected chi connectivity index (χ3v) is 5.66. The Labute approximate surface area is 171 Å². The molecule has 0 aliphatic carbocycles. The fourth-order valence-electron chi connectivity index (χ4n) is 3.09. The highest BCUT2D eigenvalue weighted by molar-refractivity contribution is 7.99. The summed E-state index contributed by atoms with van der Waals surface area (Å²) in [5, 5.41) is 8.41. The van der Waals surface area contributed by atoms with Gasteiger partial charge in [-0.15, -0.1) is 10.2 Å². The molecule has 1 atom stereocenters. The molecule has 28 heavy (non-hydrogen) atoms. The average molecular weight is 414 g/mol. The molecule has 0 bridgehead atoms. The number of aromatic nitrogens is 2.